The van der Waals surface area contributed by atoms with Gasteiger partial charge in [-0.25, -0.2) is 9.97 Å². The summed E-state index contributed by atoms with van der Waals surface area (Å²) in [5.74, 6) is 3.56. The minimum atomic E-state index is 0.240. The van der Waals surface area contributed by atoms with Crippen LogP contribution in [-0.2, 0) is 0 Å². The van der Waals surface area contributed by atoms with Gasteiger partial charge in [-0.2, -0.15) is 4.98 Å². The van der Waals surface area contributed by atoms with Crippen molar-refractivity contribution in [1.82, 2.24) is 15.0 Å². The van der Waals surface area contributed by atoms with Crippen LogP contribution in [0.5, 0.6) is 11.6 Å². The van der Waals surface area contributed by atoms with Gasteiger partial charge >= 0.3 is 0 Å². The van der Waals surface area contributed by atoms with Gasteiger partial charge in [0, 0.05) is 18.7 Å². The maximum Gasteiger partial charge on any atom is 0.225 e. The van der Waals surface area contributed by atoms with Crippen LogP contribution in [0.2, 0.25) is 5.28 Å². The van der Waals surface area contributed by atoms with E-state index in [1.165, 1.54) is 19.3 Å². The van der Waals surface area contributed by atoms with Crippen molar-refractivity contribution in [3.63, 3.8) is 0 Å². The van der Waals surface area contributed by atoms with Gasteiger partial charge in [0.15, 0.2) is 5.82 Å². The van der Waals surface area contributed by atoms with Crippen molar-refractivity contribution in [2.75, 3.05) is 32.2 Å². The Kier molecular flexibility index (Phi) is 4.98. The van der Waals surface area contributed by atoms with Crippen molar-refractivity contribution < 1.29 is 9.47 Å². The zero-order chi connectivity index (χ0) is 22.5. The second-order valence-corrected chi connectivity index (χ2v) is 9.41. The molecule has 1 aliphatic carbocycles. The summed E-state index contributed by atoms with van der Waals surface area (Å²) < 4.78 is 11.4. The monoisotopic (exact) mass is 460 g/mol. The van der Waals surface area contributed by atoms with E-state index in [0.717, 1.165) is 63.9 Å². The third kappa shape index (κ3) is 3.53. The SMILES string of the molecule is COc1cc(-c2cc3nc(Cl)nc(N4CC5CCC(C5)C4)c3nc2OC)c2ccccc2c1. The highest BCUT2D eigenvalue weighted by atomic mass is 35.5. The van der Waals surface area contributed by atoms with Gasteiger partial charge in [-0.15, -0.1) is 0 Å². The van der Waals surface area contributed by atoms with Crippen LogP contribution in [-0.4, -0.2) is 42.3 Å². The van der Waals surface area contributed by atoms with Crippen LogP contribution in [0.4, 0.5) is 5.82 Å². The fraction of sp³-hybridized carbons (Fsp3) is 0.346. The molecule has 168 valence electrons. The maximum absolute atomic E-state index is 6.42. The lowest BCUT2D eigenvalue weighted by atomic mass is 9.97. The van der Waals surface area contributed by atoms with E-state index in [4.69, 9.17) is 26.1 Å². The minimum Gasteiger partial charge on any atom is -0.497 e. The summed E-state index contributed by atoms with van der Waals surface area (Å²) in [6.07, 6.45) is 3.90. The average molecular weight is 461 g/mol. The smallest absolute Gasteiger partial charge is 0.225 e. The largest absolute Gasteiger partial charge is 0.497 e. The molecule has 2 unspecified atom stereocenters. The highest BCUT2D eigenvalue weighted by Crippen LogP contribution is 2.42. The van der Waals surface area contributed by atoms with Crippen molar-refractivity contribution in [2.45, 2.75) is 19.3 Å². The molecule has 4 aromatic rings. The molecule has 0 amide bonds. The zero-order valence-corrected chi connectivity index (χ0v) is 19.5. The Morgan fingerprint density at radius 2 is 1.70 bits per heavy atom. The molecule has 2 bridgehead atoms. The van der Waals surface area contributed by atoms with Crippen LogP contribution < -0.4 is 14.4 Å². The van der Waals surface area contributed by atoms with Gasteiger partial charge in [-0.3, -0.25) is 0 Å². The number of anilines is 1. The normalized spacial score (nSPS) is 19.9. The van der Waals surface area contributed by atoms with E-state index in [2.05, 4.69) is 27.0 Å². The van der Waals surface area contributed by atoms with Gasteiger partial charge in [0.05, 0.1) is 19.7 Å². The number of aromatic nitrogens is 3. The summed E-state index contributed by atoms with van der Waals surface area (Å²) in [7, 11) is 3.33. The molecule has 2 fully saturated rings. The highest BCUT2D eigenvalue weighted by molar-refractivity contribution is 6.28. The van der Waals surface area contributed by atoms with Crippen molar-refractivity contribution in [1.29, 1.82) is 0 Å². The number of hydrogen-bond donors (Lipinski definition) is 0. The number of piperidine rings is 1. The predicted octanol–water partition coefficient (Wildman–Crippen LogP) is 5.75. The van der Waals surface area contributed by atoms with Crippen LogP contribution in [0, 0.1) is 11.8 Å². The Morgan fingerprint density at radius 3 is 2.45 bits per heavy atom. The molecule has 2 aromatic heterocycles. The van der Waals surface area contributed by atoms with Crippen molar-refractivity contribution in [3.05, 3.63) is 47.7 Å². The lowest BCUT2D eigenvalue weighted by molar-refractivity contribution is 0.400. The number of methoxy groups -OCH3 is 2. The van der Waals surface area contributed by atoms with Crippen LogP contribution in [0.3, 0.4) is 0 Å². The molecule has 2 atom stereocenters. The van der Waals surface area contributed by atoms with Crippen molar-refractivity contribution in [2.24, 2.45) is 11.8 Å². The number of benzene rings is 2. The molecule has 0 radical (unpaired) electrons. The first-order valence-corrected chi connectivity index (χ1v) is 11.7. The van der Waals surface area contributed by atoms with Gasteiger partial charge in [0.2, 0.25) is 11.2 Å². The van der Waals surface area contributed by atoms with E-state index < -0.39 is 0 Å². The van der Waals surface area contributed by atoms with E-state index in [1.54, 1.807) is 14.2 Å². The van der Waals surface area contributed by atoms with Gasteiger partial charge in [0.25, 0.3) is 0 Å². The fourth-order valence-corrected chi connectivity index (χ4v) is 5.75. The van der Waals surface area contributed by atoms with E-state index in [-0.39, 0.29) is 5.28 Å². The third-order valence-corrected chi connectivity index (χ3v) is 7.22. The van der Waals surface area contributed by atoms with Crippen LogP contribution >= 0.6 is 11.6 Å². The maximum atomic E-state index is 6.42. The topological polar surface area (TPSA) is 60.4 Å². The molecule has 7 heteroatoms. The highest BCUT2D eigenvalue weighted by Gasteiger charge is 2.34. The standard InChI is InChI=1S/C26H25ClN4O2/c1-32-18-10-17-5-3-4-6-19(17)20(11-18)21-12-22-23(29-25(21)33-2)24(30-26(27)28-22)31-13-15-7-8-16(9-15)14-31/h3-6,10-12,15-16H,7-9,13-14H2,1-2H3. The lowest BCUT2D eigenvalue weighted by Crippen LogP contribution is -2.37. The molecular formula is C26H25ClN4O2. The molecule has 2 aliphatic rings. The predicted molar refractivity (Wildman–Crippen MR) is 131 cm³/mol. The van der Waals surface area contributed by atoms with E-state index >= 15 is 0 Å². The molecule has 1 aliphatic heterocycles. The average Bonchev–Trinajstić information content (AvgIpc) is 3.19. The number of fused-ring (bicyclic) bond motifs is 4. The molecular weight excluding hydrogens is 436 g/mol. The summed E-state index contributed by atoms with van der Waals surface area (Å²) in [6.45, 7) is 1.98. The van der Waals surface area contributed by atoms with E-state index in [9.17, 15) is 0 Å². The number of pyridine rings is 1. The Morgan fingerprint density at radius 1 is 0.909 bits per heavy atom. The number of hydrogen-bond acceptors (Lipinski definition) is 6. The number of nitrogens with zero attached hydrogens (tertiary/aromatic N) is 4. The van der Waals surface area contributed by atoms with E-state index in [0.29, 0.717) is 11.4 Å². The van der Waals surface area contributed by atoms with E-state index in [1.807, 2.05) is 30.3 Å². The molecule has 33 heavy (non-hydrogen) atoms. The van der Waals surface area contributed by atoms with Crippen LogP contribution in [0.25, 0.3) is 32.9 Å². The number of halogens is 1. The van der Waals surface area contributed by atoms with Gasteiger partial charge < -0.3 is 14.4 Å². The van der Waals surface area contributed by atoms with Crippen LogP contribution in [0.1, 0.15) is 19.3 Å². The third-order valence-electron chi connectivity index (χ3n) is 7.05. The van der Waals surface area contributed by atoms with Crippen LogP contribution in [0.15, 0.2) is 42.5 Å². The summed E-state index contributed by atoms with van der Waals surface area (Å²) >= 11 is 6.42. The first kappa shape index (κ1) is 20.5. The quantitative estimate of drug-likeness (QED) is 0.361. The summed E-state index contributed by atoms with van der Waals surface area (Å²) in [6, 6.07) is 14.3. The Balaban J connectivity index is 1.56. The molecule has 2 aromatic carbocycles. The van der Waals surface area contributed by atoms with Crippen molar-refractivity contribution in [3.8, 4) is 22.8 Å². The first-order chi connectivity index (χ1) is 16.1. The molecule has 0 spiro atoms. The molecule has 0 N–H and O–H groups in total. The lowest BCUT2D eigenvalue weighted by Gasteiger charge is -2.33. The summed E-state index contributed by atoms with van der Waals surface area (Å²) in [4.78, 5) is 16.4. The van der Waals surface area contributed by atoms with Gasteiger partial charge in [0.1, 0.15) is 11.3 Å². The second kappa shape index (κ2) is 8.03. The summed E-state index contributed by atoms with van der Waals surface area (Å²) in [5, 5.41) is 2.41. The Bertz CT molecular complexity index is 1360. The van der Waals surface area contributed by atoms with Gasteiger partial charge in [-0.05, 0) is 77.2 Å². The fourth-order valence-electron chi connectivity index (χ4n) is 5.57. The minimum absolute atomic E-state index is 0.240. The molecule has 6 nitrogen and oxygen atoms in total. The molecule has 3 heterocycles. The van der Waals surface area contributed by atoms with Crippen molar-refractivity contribution >= 4 is 39.2 Å². The molecule has 1 saturated carbocycles. The molecule has 6 rings (SSSR count). The number of rotatable bonds is 4. The number of ether oxygens (including phenoxy) is 2. The first-order valence-electron chi connectivity index (χ1n) is 11.4. The zero-order valence-electron chi connectivity index (χ0n) is 18.7. The molecule has 1 saturated heterocycles. The second-order valence-electron chi connectivity index (χ2n) is 9.08. The Labute approximate surface area is 197 Å². The van der Waals surface area contributed by atoms with Gasteiger partial charge in [-0.1, -0.05) is 24.3 Å². The summed E-state index contributed by atoms with van der Waals surface area (Å²) in [5.41, 5.74) is 3.27. The Hall–Kier alpha value is -3.12.